The molecule has 8 nitrogen and oxygen atoms in total. The van der Waals surface area contributed by atoms with E-state index in [1.54, 1.807) is 25.4 Å². The minimum atomic E-state index is -0.395. The van der Waals surface area contributed by atoms with Crippen LogP contribution in [0.25, 0.3) is 5.69 Å². The van der Waals surface area contributed by atoms with Crippen molar-refractivity contribution in [1.82, 2.24) is 19.8 Å². The first-order chi connectivity index (χ1) is 15.1. The summed E-state index contributed by atoms with van der Waals surface area (Å²) < 4.78 is 7.28. The van der Waals surface area contributed by atoms with Gasteiger partial charge in [0.2, 0.25) is 0 Å². The summed E-state index contributed by atoms with van der Waals surface area (Å²) in [5.74, 6) is 0. The first-order valence-corrected chi connectivity index (χ1v) is 10.4. The van der Waals surface area contributed by atoms with Crippen molar-refractivity contribution in [3.63, 3.8) is 0 Å². The predicted molar refractivity (Wildman–Crippen MR) is 121 cm³/mol. The van der Waals surface area contributed by atoms with Gasteiger partial charge in [0.15, 0.2) is 5.11 Å². The molecule has 2 atom stereocenters. The topological polar surface area (TPSA) is 85.5 Å². The molecule has 0 aliphatic carbocycles. The van der Waals surface area contributed by atoms with Crippen LogP contribution < -0.4 is 5.32 Å². The van der Waals surface area contributed by atoms with E-state index in [9.17, 15) is 10.1 Å². The fourth-order valence-electron chi connectivity index (χ4n) is 3.95. The van der Waals surface area contributed by atoms with Gasteiger partial charge in [-0.1, -0.05) is 6.07 Å². The molecule has 1 fully saturated rings. The van der Waals surface area contributed by atoms with Crippen molar-refractivity contribution < 1.29 is 9.66 Å². The Hall–Kier alpha value is -3.30. The number of pyridine rings is 1. The summed E-state index contributed by atoms with van der Waals surface area (Å²) >= 11 is 5.69. The highest BCUT2D eigenvalue weighted by Crippen LogP contribution is 2.39. The predicted octanol–water partition coefficient (Wildman–Crippen LogP) is 3.79. The minimum Gasteiger partial charge on any atom is -0.385 e. The number of nitrogens with one attached hydrogen (secondary N) is 1. The van der Waals surface area contributed by atoms with Gasteiger partial charge in [0.05, 0.1) is 22.7 Å². The molecular formula is C22H23N5O3S. The molecule has 1 aromatic carbocycles. The summed E-state index contributed by atoms with van der Waals surface area (Å²) in [7, 11) is 1.69. The van der Waals surface area contributed by atoms with Crippen LogP contribution in [0.4, 0.5) is 5.69 Å². The molecule has 0 spiro atoms. The van der Waals surface area contributed by atoms with Gasteiger partial charge in [0.25, 0.3) is 5.69 Å². The summed E-state index contributed by atoms with van der Waals surface area (Å²) in [6, 6.07) is 16.2. The molecule has 4 rings (SSSR count). The van der Waals surface area contributed by atoms with E-state index in [1.165, 1.54) is 12.1 Å². The van der Waals surface area contributed by atoms with Crippen molar-refractivity contribution >= 4 is 23.0 Å². The number of methoxy groups -OCH3 is 1. The Morgan fingerprint density at radius 1 is 1.19 bits per heavy atom. The Morgan fingerprint density at radius 2 is 2.00 bits per heavy atom. The van der Waals surface area contributed by atoms with Gasteiger partial charge in [-0.2, -0.15) is 0 Å². The maximum absolute atomic E-state index is 11.0. The lowest BCUT2D eigenvalue weighted by atomic mass is 10.0. The maximum atomic E-state index is 11.0. The van der Waals surface area contributed by atoms with Crippen LogP contribution in [0.5, 0.6) is 0 Å². The van der Waals surface area contributed by atoms with E-state index in [4.69, 9.17) is 17.0 Å². The van der Waals surface area contributed by atoms with E-state index in [0.717, 1.165) is 30.0 Å². The number of thiocarbonyl (C=S) groups is 1. The lowest BCUT2D eigenvalue weighted by molar-refractivity contribution is -0.384. The average Bonchev–Trinajstić information content (AvgIpc) is 3.39. The average molecular weight is 438 g/mol. The molecule has 160 valence electrons. The second-order valence-electron chi connectivity index (χ2n) is 7.24. The van der Waals surface area contributed by atoms with Crippen LogP contribution in [0.2, 0.25) is 0 Å². The van der Waals surface area contributed by atoms with Crippen LogP contribution in [-0.4, -0.2) is 44.7 Å². The molecule has 0 saturated carbocycles. The Balaban J connectivity index is 1.74. The first kappa shape index (κ1) is 21.0. The van der Waals surface area contributed by atoms with Crippen LogP contribution in [0.1, 0.15) is 29.9 Å². The lowest BCUT2D eigenvalue weighted by Gasteiger charge is -2.29. The Labute approximate surface area is 185 Å². The second-order valence-corrected chi connectivity index (χ2v) is 7.63. The number of hydrogen-bond acceptors (Lipinski definition) is 5. The Morgan fingerprint density at radius 3 is 2.68 bits per heavy atom. The molecule has 9 heteroatoms. The van der Waals surface area contributed by atoms with Crippen LogP contribution in [0, 0.1) is 10.1 Å². The van der Waals surface area contributed by atoms with E-state index in [2.05, 4.69) is 21.3 Å². The van der Waals surface area contributed by atoms with Gasteiger partial charge in [0, 0.05) is 56.2 Å². The molecule has 3 aromatic rings. The standard InChI is InChI=1S/C22H23N5O3S/c1-30-15-5-14-26-21(20(24-22(26)31)18-6-2-3-12-23-18)19-7-4-13-25(19)16-8-10-17(11-9-16)27(28)29/h2-4,6-13,20-21H,5,14-15H2,1H3,(H,24,31)/t20-,21-/m1/s1. The number of aromatic nitrogens is 2. The summed E-state index contributed by atoms with van der Waals surface area (Å²) in [4.78, 5) is 17.4. The normalized spacial score (nSPS) is 18.2. The third kappa shape index (κ3) is 4.28. The third-order valence-electron chi connectivity index (χ3n) is 5.37. The fourth-order valence-corrected chi connectivity index (χ4v) is 4.28. The van der Waals surface area contributed by atoms with Crippen LogP contribution in [0.3, 0.4) is 0 Å². The highest BCUT2D eigenvalue weighted by atomic mass is 32.1. The van der Waals surface area contributed by atoms with Crippen molar-refractivity contribution in [3.8, 4) is 5.69 Å². The van der Waals surface area contributed by atoms with Crippen molar-refractivity contribution in [2.24, 2.45) is 0 Å². The van der Waals surface area contributed by atoms with Gasteiger partial charge in [0.1, 0.15) is 0 Å². The molecule has 31 heavy (non-hydrogen) atoms. The molecule has 1 aliphatic heterocycles. The number of nitro benzene ring substituents is 1. The number of nitro groups is 1. The number of hydrogen-bond donors (Lipinski definition) is 1. The first-order valence-electron chi connectivity index (χ1n) is 9.99. The third-order valence-corrected chi connectivity index (χ3v) is 5.72. The highest BCUT2D eigenvalue weighted by molar-refractivity contribution is 7.80. The summed E-state index contributed by atoms with van der Waals surface area (Å²) in [5, 5.41) is 15.1. The molecule has 0 radical (unpaired) electrons. The maximum Gasteiger partial charge on any atom is 0.269 e. The van der Waals surface area contributed by atoms with Crippen LogP contribution >= 0.6 is 12.2 Å². The summed E-state index contributed by atoms with van der Waals surface area (Å²) in [5.41, 5.74) is 2.84. The molecule has 1 saturated heterocycles. The monoisotopic (exact) mass is 437 g/mol. The van der Waals surface area contributed by atoms with Crippen LogP contribution in [-0.2, 0) is 4.74 Å². The minimum absolute atomic E-state index is 0.0636. The van der Waals surface area contributed by atoms with E-state index >= 15 is 0 Å². The molecule has 1 N–H and O–H groups in total. The Kier molecular flexibility index (Phi) is 6.24. The van der Waals surface area contributed by atoms with Gasteiger partial charge < -0.3 is 19.5 Å². The van der Waals surface area contributed by atoms with Gasteiger partial charge in [-0.15, -0.1) is 0 Å². The van der Waals surface area contributed by atoms with Crippen LogP contribution in [0.15, 0.2) is 67.0 Å². The highest BCUT2D eigenvalue weighted by Gasteiger charge is 2.40. The van der Waals surface area contributed by atoms with E-state index in [-0.39, 0.29) is 17.8 Å². The number of benzene rings is 1. The zero-order chi connectivity index (χ0) is 21.8. The zero-order valence-corrected chi connectivity index (χ0v) is 17.9. The van der Waals surface area contributed by atoms with E-state index in [0.29, 0.717) is 11.7 Å². The van der Waals surface area contributed by atoms with E-state index < -0.39 is 4.92 Å². The fraction of sp³-hybridized carbons (Fsp3) is 0.273. The number of rotatable bonds is 8. The lowest BCUT2D eigenvalue weighted by Crippen LogP contribution is -2.32. The van der Waals surface area contributed by atoms with Gasteiger partial charge in [-0.05, 0) is 55.0 Å². The second kappa shape index (κ2) is 9.23. The molecule has 0 bridgehead atoms. The quantitative estimate of drug-likeness (QED) is 0.248. The SMILES string of the molecule is COCCCN1C(=S)N[C@H](c2ccccn2)[C@H]1c1cccn1-c1ccc([N+](=O)[O-])cc1. The van der Waals surface area contributed by atoms with Gasteiger partial charge in [-0.25, -0.2) is 0 Å². The van der Waals surface area contributed by atoms with Gasteiger partial charge >= 0.3 is 0 Å². The van der Waals surface area contributed by atoms with Crippen molar-refractivity contribution in [2.45, 2.75) is 18.5 Å². The Bertz CT molecular complexity index is 1050. The number of nitrogens with zero attached hydrogens (tertiary/aromatic N) is 4. The van der Waals surface area contributed by atoms with Crippen molar-refractivity contribution in [3.05, 3.63) is 88.5 Å². The largest absolute Gasteiger partial charge is 0.385 e. The molecule has 1 aliphatic rings. The zero-order valence-electron chi connectivity index (χ0n) is 17.0. The summed E-state index contributed by atoms with van der Waals surface area (Å²) in [6.45, 7) is 1.38. The number of non-ortho nitro benzene ring substituents is 1. The molecular weight excluding hydrogens is 414 g/mol. The molecule has 0 unspecified atom stereocenters. The van der Waals surface area contributed by atoms with Crippen molar-refractivity contribution in [2.75, 3.05) is 20.3 Å². The van der Waals surface area contributed by atoms with E-state index in [1.807, 2.05) is 35.0 Å². The van der Waals surface area contributed by atoms with Gasteiger partial charge in [-0.3, -0.25) is 15.1 Å². The number of ether oxygens (including phenoxy) is 1. The molecule has 2 aromatic heterocycles. The molecule has 0 amide bonds. The van der Waals surface area contributed by atoms with Crippen molar-refractivity contribution in [1.29, 1.82) is 0 Å². The molecule has 3 heterocycles. The smallest absolute Gasteiger partial charge is 0.269 e. The summed E-state index contributed by atoms with van der Waals surface area (Å²) in [6.07, 6.45) is 4.57.